The predicted molar refractivity (Wildman–Crippen MR) is 87.4 cm³/mol. The van der Waals surface area contributed by atoms with Crippen LogP contribution in [-0.4, -0.2) is 17.0 Å². The summed E-state index contributed by atoms with van der Waals surface area (Å²) in [6, 6.07) is 15.0. The van der Waals surface area contributed by atoms with Crippen molar-refractivity contribution in [3.05, 3.63) is 77.4 Å². The van der Waals surface area contributed by atoms with Gasteiger partial charge in [-0.1, -0.05) is 42.5 Å². The van der Waals surface area contributed by atoms with E-state index in [9.17, 15) is 4.79 Å². The van der Waals surface area contributed by atoms with Gasteiger partial charge in [0.05, 0.1) is 0 Å². The van der Waals surface area contributed by atoms with Gasteiger partial charge in [-0.3, -0.25) is 14.8 Å². The Morgan fingerprint density at radius 2 is 1.86 bits per heavy atom. The third-order valence-electron chi connectivity index (χ3n) is 3.39. The molecule has 0 atom stereocenters. The van der Waals surface area contributed by atoms with Gasteiger partial charge in [0, 0.05) is 18.2 Å². The van der Waals surface area contributed by atoms with Crippen LogP contribution >= 0.6 is 0 Å². The minimum Gasteiger partial charge on any atom is -0.330 e. The molecule has 0 aliphatic carbocycles. The molecular formula is C18H21N3O. The molecule has 0 fully saturated rings. The van der Waals surface area contributed by atoms with E-state index in [4.69, 9.17) is 11.1 Å². The molecular weight excluding hydrogens is 274 g/mol. The van der Waals surface area contributed by atoms with Gasteiger partial charge >= 0.3 is 0 Å². The third kappa shape index (κ3) is 4.27. The van der Waals surface area contributed by atoms with Crippen LogP contribution in [0.1, 0.15) is 23.2 Å². The third-order valence-corrected chi connectivity index (χ3v) is 3.39. The average Bonchev–Trinajstić information content (AvgIpc) is 2.55. The molecule has 0 amide bonds. The van der Waals surface area contributed by atoms with Gasteiger partial charge in [-0.25, -0.2) is 0 Å². The van der Waals surface area contributed by atoms with E-state index in [1.165, 1.54) is 4.57 Å². The molecule has 0 bridgehead atoms. The maximum absolute atomic E-state index is 12.7. The number of unbranched alkanes of at least 4 members (excludes halogenated alkanes) is 1. The van der Waals surface area contributed by atoms with E-state index in [1.54, 1.807) is 24.4 Å². The Bertz CT molecular complexity index is 702. The fraction of sp³-hybridized carbons (Fsp3) is 0.222. The molecule has 1 aromatic carbocycles. The summed E-state index contributed by atoms with van der Waals surface area (Å²) in [6.07, 6.45) is 5.75. The van der Waals surface area contributed by atoms with Crippen molar-refractivity contribution in [2.45, 2.75) is 19.3 Å². The van der Waals surface area contributed by atoms with Gasteiger partial charge in [-0.05, 0) is 37.1 Å². The van der Waals surface area contributed by atoms with Crippen molar-refractivity contribution in [3.63, 3.8) is 0 Å². The molecule has 3 N–H and O–H groups in total. The van der Waals surface area contributed by atoms with Crippen LogP contribution in [0.15, 0.2) is 66.4 Å². The van der Waals surface area contributed by atoms with Crippen molar-refractivity contribution in [2.75, 3.05) is 6.54 Å². The Balaban J connectivity index is 2.28. The molecule has 0 spiro atoms. The Morgan fingerprint density at radius 3 is 2.55 bits per heavy atom. The topological polar surface area (TPSA) is 71.9 Å². The molecule has 0 aliphatic rings. The van der Waals surface area contributed by atoms with Crippen LogP contribution in [0, 0.1) is 5.41 Å². The first-order valence-electron chi connectivity index (χ1n) is 7.42. The molecule has 0 aliphatic heterocycles. The van der Waals surface area contributed by atoms with Crippen LogP contribution in [-0.2, 0) is 6.42 Å². The van der Waals surface area contributed by atoms with Crippen LogP contribution in [0.5, 0.6) is 0 Å². The first-order chi connectivity index (χ1) is 10.7. The smallest absolute Gasteiger partial charge is 0.259 e. The Kier molecular flexibility index (Phi) is 5.86. The second kappa shape index (κ2) is 8.10. The zero-order valence-corrected chi connectivity index (χ0v) is 12.5. The number of carbonyl (C=O) groups is 1. The molecule has 4 heteroatoms. The first-order valence-corrected chi connectivity index (χ1v) is 7.42. The fourth-order valence-electron chi connectivity index (χ4n) is 2.22. The summed E-state index contributed by atoms with van der Waals surface area (Å²) in [4.78, 5) is 12.7. The van der Waals surface area contributed by atoms with E-state index in [1.807, 2.05) is 36.4 Å². The Hall–Kier alpha value is -2.46. The summed E-state index contributed by atoms with van der Waals surface area (Å²) in [6.45, 7) is 0.603. The minimum atomic E-state index is -0.147. The van der Waals surface area contributed by atoms with Crippen molar-refractivity contribution < 1.29 is 4.79 Å². The number of aromatic nitrogens is 1. The van der Waals surface area contributed by atoms with E-state index in [0.29, 0.717) is 18.5 Å². The number of carbonyl (C=O) groups excluding carboxylic acids is 1. The van der Waals surface area contributed by atoms with Gasteiger partial charge in [0.2, 0.25) is 0 Å². The van der Waals surface area contributed by atoms with E-state index in [2.05, 4.69) is 0 Å². The molecule has 2 rings (SSSR count). The van der Waals surface area contributed by atoms with Gasteiger partial charge in [-0.15, -0.1) is 0 Å². The Labute approximate surface area is 130 Å². The molecule has 0 unspecified atom stereocenters. The quantitative estimate of drug-likeness (QED) is 0.635. The molecule has 1 heterocycles. The number of rotatable bonds is 6. The highest BCUT2D eigenvalue weighted by Gasteiger charge is 2.12. The van der Waals surface area contributed by atoms with E-state index in [0.717, 1.165) is 18.4 Å². The van der Waals surface area contributed by atoms with Gasteiger partial charge in [0.1, 0.15) is 5.49 Å². The van der Waals surface area contributed by atoms with Gasteiger partial charge in [0.15, 0.2) is 0 Å². The van der Waals surface area contributed by atoms with Crippen LogP contribution in [0.25, 0.3) is 0 Å². The second-order valence-electron chi connectivity index (χ2n) is 5.08. The monoisotopic (exact) mass is 295 g/mol. The van der Waals surface area contributed by atoms with E-state index < -0.39 is 0 Å². The summed E-state index contributed by atoms with van der Waals surface area (Å²) in [7, 11) is 0. The number of nitrogens with two attached hydrogens (primary N) is 1. The largest absolute Gasteiger partial charge is 0.330 e. The second-order valence-corrected chi connectivity index (χ2v) is 5.08. The van der Waals surface area contributed by atoms with Crippen molar-refractivity contribution in [1.29, 1.82) is 5.41 Å². The zero-order valence-electron chi connectivity index (χ0n) is 12.5. The molecule has 4 nitrogen and oxygen atoms in total. The zero-order chi connectivity index (χ0) is 15.8. The normalized spacial score (nSPS) is 11.4. The lowest BCUT2D eigenvalue weighted by molar-refractivity contribution is 0.0946. The molecule has 114 valence electrons. The number of hydrogen-bond acceptors (Lipinski definition) is 3. The summed E-state index contributed by atoms with van der Waals surface area (Å²) < 4.78 is 1.37. The van der Waals surface area contributed by atoms with Crippen LogP contribution in [0.2, 0.25) is 0 Å². The lowest BCUT2D eigenvalue weighted by Crippen LogP contribution is -2.27. The van der Waals surface area contributed by atoms with Crippen LogP contribution < -0.4 is 11.2 Å². The minimum absolute atomic E-state index is 0.147. The number of nitrogens with one attached hydrogen (secondary N) is 1. The van der Waals surface area contributed by atoms with Gasteiger partial charge in [-0.2, -0.15) is 0 Å². The molecule has 0 saturated carbocycles. The van der Waals surface area contributed by atoms with Crippen molar-refractivity contribution in [2.24, 2.45) is 5.73 Å². The molecule has 1 aromatic heterocycles. The number of nitrogens with zero attached hydrogens (tertiary/aromatic N) is 1. The molecule has 2 aromatic rings. The van der Waals surface area contributed by atoms with E-state index in [-0.39, 0.29) is 11.4 Å². The highest BCUT2D eigenvalue weighted by Crippen LogP contribution is 2.11. The first kappa shape index (κ1) is 15.9. The highest BCUT2D eigenvalue weighted by atomic mass is 16.2. The average molecular weight is 295 g/mol. The number of pyridine rings is 1. The van der Waals surface area contributed by atoms with Gasteiger partial charge < -0.3 is 5.73 Å². The van der Waals surface area contributed by atoms with E-state index >= 15 is 0 Å². The lowest BCUT2D eigenvalue weighted by atomic mass is 10.0. The van der Waals surface area contributed by atoms with Crippen molar-refractivity contribution >= 4 is 5.91 Å². The Morgan fingerprint density at radius 1 is 1.14 bits per heavy atom. The molecule has 0 saturated heterocycles. The number of benzene rings is 1. The van der Waals surface area contributed by atoms with Crippen molar-refractivity contribution in [3.8, 4) is 0 Å². The summed E-state index contributed by atoms with van der Waals surface area (Å²) in [5, 5.41) is 7.88. The summed E-state index contributed by atoms with van der Waals surface area (Å²) in [5.74, 6) is -0.147. The predicted octanol–water partition coefficient (Wildman–Crippen LogP) is 2.52. The summed E-state index contributed by atoms with van der Waals surface area (Å²) >= 11 is 0. The van der Waals surface area contributed by atoms with Crippen LogP contribution in [0.4, 0.5) is 0 Å². The maximum Gasteiger partial charge on any atom is 0.259 e. The SMILES string of the molecule is N=c1ccccn1C(=O)/C(=C/CCCN)Cc1ccccc1. The fourth-order valence-corrected chi connectivity index (χ4v) is 2.22. The lowest BCUT2D eigenvalue weighted by Gasteiger charge is -2.10. The molecule has 22 heavy (non-hydrogen) atoms. The standard InChI is InChI=1S/C18H21N3O/c19-12-6-4-10-16(14-15-8-2-1-3-9-15)18(22)21-13-7-5-11-17(21)20/h1-3,5,7-11,13,20H,4,6,12,14,19H2/b16-10+,20-17?. The number of hydrogen-bond donors (Lipinski definition) is 2. The highest BCUT2D eigenvalue weighted by molar-refractivity contribution is 5.95. The van der Waals surface area contributed by atoms with Crippen LogP contribution in [0.3, 0.4) is 0 Å². The maximum atomic E-state index is 12.7. The number of allylic oxidation sites excluding steroid dienone is 2. The van der Waals surface area contributed by atoms with Crippen molar-refractivity contribution in [1.82, 2.24) is 4.57 Å². The molecule has 0 radical (unpaired) electrons. The summed E-state index contributed by atoms with van der Waals surface area (Å²) in [5.41, 5.74) is 7.49. The van der Waals surface area contributed by atoms with Gasteiger partial charge in [0.25, 0.3) is 5.91 Å².